The molecule has 0 N–H and O–H groups in total. The SMILES string of the molecule is Clc1ccn2c(Cl)nnc2c1. The van der Waals surface area contributed by atoms with Gasteiger partial charge in [0.05, 0.1) is 0 Å². The zero-order valence-electron chi connectivity index (χ0n) is 5.33. The molecule has 0 bridgehead atoms. The van der Waals surface area contributed by atoms with Gasteiger partial charge in [-0.15, -0.1) is 10.2 Å². The lowest BCUT2D eigenvalue weighted by Gasteiger charge is -1.91. The molecule has 0 saturated carbocycles. The lowest BCUT2D eigenvalue weighted by Crippen LogP contribution is -1.82. The van der Waals surface area contributed by atoms with Crippen LogP contribution in [-0.4, -0.2) is 14.6 Å². The number of pyridine rings is 1. The lowest BCUT2D eigenvalue weighted by molar-refractivity contribution is 1.10. The summed E-state index contributed by atoms with van der Waals surface area (Å²) >= 11 is 11.4. The number of hydrogen-bond donors (Lipinski definition) is 0. The van der Waals surface area contributed by atoms with E-state index in [9.17, 15) is 0 Å². The Morgan fingerprint density at radius 2 is 2.09 bits per heavy atom. The summed E-state index contributed by atoms with van der Waals surface area (Å²) in [6.07, 6.45) is 1.72. The maximum absolute atomic E-state index is 5.70. The first-order chi connectivity index (χ1) is 5.27. The molecular weight excluding hydrogens is 185 g/mol. The summed E-state index contributed by atoms with van der Waals surface area (Å²) < 4.78 is 1.65. The van der Waals surface area contributed by atoms with Crippen LogP contribution in [-0.2, 0) is 0 Å². The lowest BCUT2D eigenvalue weighted by atomic mass is 10.5. The van der Waals surface area contributed by atoms with Crippen LogP contribution in [0.15, 0.2) is 18.3 Å². The van der Waals surface area contributed by atoms with Gasteiger partial charge in [0.1, 0.15) is 0 Å². The molecule has 5 heteroatoms. The molecule has 2 aromatic rings. The van der Waals surface area contributed by atoms with Gasteiger partial charge in [0.25, 0.3) is 0 Å². The number of nitrogens with zero attached hydrogens (tertiary/aromatic N) is 3. The second kappa shape index (κ2) is 2.36. The third-order valence-electron chi connectivity index (χ3n) is 1.33. The van der Waals surface area contributed by atoms with Gasteiger partial charge in [-0.25, -0.2) is 0 Å². The second-order valence-corrected chi connectivity index (χ2v) is 2.82. The molecule has 0 aliphatic carbocycles. The van der Waals surface area contributed by atoms with Crippen LogP contribution in [0.25, 0.3) is 5.65 Å². The van der Waals surface area contributed by atoms with Crippen molar-refractivity contribution in [3.8, 4) is 0 Å². The molecule has 0 radical (unpaired) electrons. The van der Waals surface area contributed by atoms with Crippen LogP contribution in [0.5, 0.6) is 0 Å². The Labute approximate surface area is 72.6 Å². The fourth-order valence-electron chi connectivity index (χ4n) is 0.837. The van der Waals surface area contributed by atoms with Gasteiger partial charge in [0, 0.05) is 17.3 Å². The van der Waals surface area contributed by atoms with E-state index in [0.717, 1.165) is 0 Å². The van der Waals surface area contributed by atoms with Crippen molar-refractivity contribution in [3.05, 3.63) is 28.6 Å². The molecular formula is C6H3Cl2N3. The Morgan fingerprint density at radius 1 is 1.27 bits per heavy atom. The number of halogens is 2. The minimum absolute atomic E-state index is 0.344. The van der Waals surface area contributed by atoms with E-state index in [1.807, 2.05) is 0 Å². The van der Waals surface area contributed by atoms with Crippen LogP contribution in [0.3, 0.4) is 0 Å². The van der Waals surface area contributed by atoms with Crippen LogP contribution >= 0.6 is 23.2 Å². The third-order valence-corrected chi connectivity index (χ3v) is 1.82. The monoisotopic (exact) mass is 187 g/mol. The highest BCUT2D eigenvalue weighted by Crippen LogP contribution is 2.13. The van der Waals surface area contributed by atoms with Gasteiger partial charge in [-0.1, -0.05) is 11.6 Å². The van der Waals surface area contributed by atoms with Crippen LogP contribution in [0, 0.1) is 0 Å². The molecule has 0 amide bonds. The van der Waals surface area contributed by atoms with Gasteiger partial charge in [-0.3, -0.25) is 4.40 Å². The van der Waals surface area contributed by atoms with Crippen molar-refractivity contribution in [2.45, 2.75) is 0 Å². The first-order valence-corrected chi connectivity index (χ1v) is 3.69. The highest BCUT2D eigenvalue weighted by atomic mass is 35.5. The van der Waals surface area contributed by atoms with E-state index in [2.05, 4.69) is 10.2 Å². The molecule has 2 aromatic heterocycles. The van der Waals surface area contributed by atoms with Crippen molar-refractivity contribution in [1.29, 1.82) is 0 Å². The van der Waals surface area contributed by atoms with Crippen molar-refractivity contribution < 1.29 is 0 Å². The Kier molecular flexibility index (Phi) is 1.47. The number of fused-ring (bicyclic) bond motifs is 1. The average molecular weight is 188 g/mol. The first kappa shape index (κ1) is 6.88. The van der Waals surface area contributed by atoms with E-state index in [-0.39, 0.29) is 0 Å². The van der Waals surface area contributed by atoms with Gasteiger partial charge in [0.2, 0.25) is 5.28 Å². The fraction of sp³-hybridized carbons (Fsp3) is 0. The summed E-state index contributed by atoms with van der Waals surface area (Å²) in [5.41, 5.74) is 0.655. The standard InChI is InChI=1S/C6H3Cl2N3/c7-4-1-2-11-5(3-4)9-10-6(11)8/h1-3H. The van der Waals surface area contributed by atoms with Gasteiger partial charge < -0.3 is 0 Å². The van der Waals surface area contributed by atoms with E-state index < -0.39 is 0 Å². The Balaban J connectivity index is 2.86. The average Bonchev–Trinajstić information content (AvgIpc) is 2.32. The molecule has 11 heavy (non-hydrogen) atoms. The number of aromatic nitrogens is 3. The summed E-state index contributed by atoms with van der Waals surface area (Å²) in [7, 11) is 0. The summed E-state index contributed by atoms with van der Waals surface area (Å²) in [5.74, 6) is 0. The van der Waals surface area contributed by atoms with Gasteiger partial charge in [0.15, 0.2) is 5.65 Å². The quantitative estimate of drug-likeness (QED) is 0.633. The van der Waals surface area contributed by atoms with Crippen LogP contribution in [0.4, 0.5) is 0 Å². The molecule has 0 spiro atoms. The Hall–Kier alpha value is -0.800. The highest BCUT2D eigenvalue weighted by molar-refractivity contribution is 6.31. The molecule has 0 fully saturated rings. The number of hydrogen-bond acceptors (Lipinski definition) is 2. The molecule has 0 saturated heterocycles. The molecule has 0 aliphatic rings. The van der Waals surface area contributed by atoms with Crippen LogP contribution < -0.4 is 0 Å². The predicted octanol–water partition coefficient (Wildman–Crippen LogP) is 2.04. The smallest absolute Gasteiger partial charge is 0.229 e. The van der Waals surface area contributed by atoms with E-state index in [1.54, 1.807) is 22.7 Å². The molecule has 0 atom stereocenters. The fourth-order valence-corrected chi connectivity index (χ4v) is 1.17. The van der Waals surface area contributed by atoms with Crippen molar-refractivity contribution >= 4 is 28.8 Å². The highest BCUT2D eigenvalue weighted by Gasteiger charge is 2.00. The molecule has 2 rings (SSSR count). The maximum Gasteiger partial charge on any atom is 0.229 e. The van der Waals surface area contributed by atoms with Crippen molar-refractivity contribution in [3.63, 3.8) is 0 Å². The molecule has 0 aliphatic heterocycles. The van der Waals surface area contributed by atoms with E-state index in [4.69, 9.17) is 23.2 Å². The molecule has 0 unspecified atom stereocenters. The van der Waals surface area contributed by atoms with Gasteiger partial charge in [-0.2, -0.15) is 0 Å². The first-order valence-electron chi connectivity index (χ1n) is 2.93. The summed E-state index contributed by atoms with van der Waals surface area (Å²) in [6, 6.07) is 3.42. The topological polar surface area (TPSA) is 30.2 Å². The van der Waals surface area contributed by atoms with Crippen molar-refractivity contribution in [2.24, 2.45) is 0 Å². The van der Waals surface area contributed by atoms with Crippen molar-refractivity contribution in [1.82, 2.24) is 14.6 Å². The van der Waals surface area contributed by atoms with E-state index in [1.165, 1.54) is 0 Å². The minimum Gasteiger partial charge on any atom is -0.273 e. The Bertz CT molecular complexity index is 396. The maximum atomic E-state index is 5.70. The molecule has 0 aromatic carbocycles. The van der Waals surface area contributed by atoms with E-state index >= 15 is 0 Å². The number of rotatable bonds is 0. The molecule has 56 valence electrons. The minimum atomic E-state index is 0.344. The summed E-state index contributed by atoms with van der Waals surface area (Å²) in [6.45, 7) is 0. The van der Waals surface area contributed by atoms with Gasteiger partial charge >= 0.3 is 0 Å². The van der Waals surface area contributed by atoms with Crippen LogP contribution in [0.1, 0.15) is 0 Å². The zero-order chi connectivity index (χ0) is 7.84. The Morgan fingerprint density at radius 3 is 2.91 bits per heavy atom. The molecule has 2 heterocycles. The normalized spacial score (nSPS) is 10.7. The summed E-state index contributed by atoms with van der Waals surface area (Å²) in [5, 5.41) is 8.40. The van der Waals surface area contributed by atoms with E-state index in [0.29, 0.717) is 16.0 Å². The third kappa shape index (κ3) is 1.06. The summed E-state index contributed by atoms with van der Waals surface area (Å²) in [4.78, 5) is 0. The van der Waals surface area contributed by atoms with Crippen molar-refractivity contribution in [2.75, 3.05) is 0 Å². The molecule has 3 nitrogen and oxygen atoms in total. The van der Waals surface area contributed by atoms with Crippen LogP contribution in [0.2, 0.25) is 10.3 Å². The largest absolute Gasteiger partial charge is 0.273 e. The second-order valence-electron chi connectivity index (χ2n) is 2.04. The van der Waals surface area contributed by atoms with Gasteiger partial charge in [-0.05, 0) is 17.7 Å². The predicted molar refractivity (Wildman–Crippen MR) is 43.0 cm³/mol. The zero-order valence-corrected chi connectivity index (χ0v) is 6.84.